The van der Waals surface area contributed by atoms with Gasteiger partial charge in [0, 0.05) is 22.0 Å². The average Bonchev–Trinajstić information content (AvgIpc) is 3.22. The summed E-state index contributed by atoms with van der Waals surface area (Å²) in [7, 11) is 0. The number of carbonyl (C=O) groups is 1. The molecule has 20 heavy (non-hydrogen) atoms. The Morgan fingerprint density at radius 2 is 2.10 bits per heavy atom. The van der Waals surface area contributed by atoms with Gasteiger partial charge in [0.05, 0.1) is 12.4 Å². The first-order valence-electron chi connectivity index (χ1n) is 6.82. The molecular formula is C15H20BrNO2S. The van der Waals surface area contributed by atoms with E-state index in [4.69, 9.17) is 5.11 Å². The smallest absolute Gasteiger partial charge is 0.233 e. The predicted octanol–water partition coefficient (Wildman–Crippen LogP) is 3.14. The molecule has 1 saturated carbocycles. The predicted molar refractivity (Wildman–Crippen MR) is 86.2 cm³/mol. The van der Waals surface area contributed by atoms with Crippen LogP contribution < -0.4 is 0 Å². The van der Waals surface area contributed by atoms with Crippen LogP contribution in [0.3, 0.4) is 0 Å². The molecule has 0 spiro atoms. The van der Waals surface area contributed by atoms with Crippen molar-refractivity contribution in [1.29, 1.82) is 0 Å². The molecule has 1 aromatic rings. The number of thioether (sulfide) groups is 1. The molecule has 0 aliphatic heterocycles. The number of hydrogen-bond acceptors (Lipinski definition) is 3. The Morgan fingerprint density at radius 1 is 1.40 bits per heavy atom. The highest BCUT2D eigenvalue weighted by atomic mass is 79.9. The lowest BCUT2D eigenvalue weighted by Crippen LogP contribution is -2.36. The summed E-state index contributed by atoms with van der Waals surface area (Å²) in [6.45, 7) is 4.62. The monoisotopic (exact) mass is 357 g/mol. The van der Waals surface area contributed by atoms with Crippen molar-refractivity contribution in [2.75, 3.05) is 18.9 Å². The van der Waals surface area contributed by atoms with Crippen LogP contribution in [-0.2, 0) is 4.79 Å². The molecule has 0 bridgehead atoms. The lowest BCUT2D eigenvalue weighted by molar-refractivity contribution is -0.129. The van der Waals surface area contributed by atoms with Crippen LogP contribution in [0.2, 0.25) is 0 Å². The molecular weight excluding hydrogens is 338 g/mol. The van der Waals surface area contributed by atoms with Crippen LogP contribution in [0.15, 0.2) is 21.5 Å². The number of aryl methyl sites for hydroxylation is 2. The SMILES string of the molecule is Cc1cc(SCC(=O)N(CCO)C2CC2)c(C)cc1Br. The van der Waals surface area contributed by atoms with Gasteiger partial charge in [0.1, 0.15) is 0 Å². The van der Waals surface area contributed by atoms with E-state index >= 15 is 0 Å². The highest BCUT2D eigenvalue weighted by Crippen LogP contribution is 2.30. The zero-order valence-corrected chi connectivity index (χ0v) is 14.3. The Labute approximate surface area is 132 Å². The third kappa shape index (κ3) is 3.99. The van der Waals surface area contributed by atoms with Gasteiger partial charge in [-0.2, -0.15) is 0 Å². The molecule has 0 atom stereocenters. The summed E-state index contributed by atoms with van der Waals surface area (Å²) in [6.07, 6.45) is 2.15. The van der Waals surface area contributed by atoms with Gasteiger partial charge in [-0.05, 0) is 49.9 Å². The molecule has 1 aromatic carbocycles. The number of rotatable bonds is 6. The van der Waals surface area contributed by atoms with Gasteiger partial charge >= 0.3 is 0 Å². The quantitative estimate of drug-likeness (QED) is 0.795. The number of aliphatic hydroxyl groups is 1. The average molecular weight is 358 g/mol. The van der Waals surface area contributed by atoms with Gasteiger partial charge in [-0.3, -0.25) is 4.79 Å². The topological polar surface area (TPSA) is 40.5 Å². The van der Waals surface area contributed by atoms with E-state index in [1.54, 1.807) is 11.8 Å². The van der Waals surface area contributed by atoms with Crippen LogP contribution >= 0.6 is 27.7 Å². The number of nitrogens with zero attached hydrogens (tertiary/aromatic N) is 1. The first kappa shape index (κ1) is 15.9. The Bertz CT molecular complexity index is 503. The maximum atomic E-state index is 12.2. The van der Waals surface area contributed by atoms with E-state index in [2.05, 4.69) is 41.9 Å². The molecule has 3 nitrogen and oxygen atoms in total. The third-order valence-electron chi connectivity index (χ3n) is 3.46. The lowest BCUT2D eigenvalue weighted by atomic mass is 10.2. The molecule has 0 aromatic heterocycles. The second kappa shape index (κ2) is 6.96. The van der Waals surface area contributed by atoms with E-state index in [0.29, 0.717) is 18.3 Å². The molecule has 0 radical (unpaired) electrons. The van der Waals surface area contributed by atoms with Gasteiger partial charge in [0.2, 0.25) is 5.91 Å². The minimum absolute atomic E-state index is 0.0450. The first-order chi connectivity index (χ1) is 9.52. The lowest BCUT2D eigenvalue weighted by Gasteiger charge is -2.21. The fraction of sp³-hybridized carbons (Fsp3) is 0.533. The number of amides is 1. The van der Waals surface area contributed by atoms with E-state index in [1.807, 2.05) is 4.90 Å². The number of carbonyl (C=O) groups excluding carboxylic acids is 1. The molecule has 2 rings (SSSR count). The summed E-state index contributed by atoms with van der Waals surface area (Å²) in [4.78, 5) is 15.2. The molecule has 0 unspecified atom stereocenters. The number of hydrogen-bond donors (Lipinski definition) is 1. The van der Waals surface area contributed by atoms with E-state index in [0.717, 1.165) is 22.2 Å². The van der Waals surface area contributed by atoms with Crippen molar-refractivity contribution in [2.24, 2.45) is 0 Å². The Kier molecular flexibility index (Phi) is 5.52. The van der Waals surface area contributed by atoms with Crippen molar-refractivity contribution < 1.29 is 9.90 Å². The van der Waals surface area contributed by atoms with Gasteiger partial charge < -0.3 is 10.0 Å². The van der Waals surface area contributed by atoms with Crippen molar-refractivity contribution in [1.82, 2.24) is 4.90 Å². The van der Waals surface area contributed by atoms with Crippen LogP contribution in [0, 0.1) is 13.8 Å². The highest BCUT2D eigenvalue weighted by molar-refractivity contribution is 9.10. The van der Waals surface area contributed by atoms with E-state index < -0.39 is 0 Å². The van der Waals surface area contributed by atoms with Crippen LogP contribution in [0.25, 0.3) is 0 Å². The van der Waals surface area contributed by atoms with Crippen molar-refractivity contribution in [3.8, 4) is 0 Å². The summed E-state index contributed by atoms with van der Waals surface area (Å²) < 4.78 is 1.10. The third-order valence-corrected chi connectivity index (χ3v) is 5.45. The minimum atomic E-state index is 0.0450. The fourth-order valence-corrected chi connectivity index (χ4v) is 3.59. The van der Waals surface area contributed by atoms with E-state index in [1.165, 1.54) is 11.1 Å². The molecule has 1 aliphatic carbocycles. The number of aliphatic hydroxyl groups excluding tert-OH is 1. The largest absolute Gasteiger partial charge is 0.395 e. The maximum Gasteiger partial charge on any atom is 0.233 e. The zero-order valence-electron chi connectivity index (χ0n) is 11.9. The minimum Gasteiger partial charge on any atom is -0.395 e. The van der Waals surface area contributed by atoms with Crippen molar-refractivity contribution in [3.05, 3.63) is 27.7 Å². The normalized spacial score (nSPS) is 14.4. The van der Waals surface area contributed by atoms with Crippen molar-refractivity contribution in [3.63, 3.8) is 0 Å². The van der Waals surface area contributed by atoms with E-state index in [9.17, 15) is 4.79 Å². The molecule has 1 fully saturated rings. The standard InChI is InChI=1S/C15H20BrNO2S/c1-10-8-14(11(2)7-13(10)16)20-9-15(19)17(5-6-18)12-3-4-12/h7-8,12,18H,3-6,9H2,1-2H3. The molecule has 1 amide bonds. The van der Waals surface area contributed by atoms with Crippen LogP contribution in [0.4, 0.5) is 0 Å². The van der Waals surface area contributed by atoms with Crippen LogP contribution in [0.1, 0.15) is 24.0 Å². The summed E-state index contributed by atoms with van der Waals surface area (Å²) in [6, 6.07) is 4.57. The fourth-order valence-electron chi connectivity index (χ4n) is 2.14. The summed E-state index contributed by atoms with van der Waals surface area (Å²) in [5, 5.41) is 9.05. The van der Waals surface area contributed by atoms with Gasteiger partial charge in [-0.15, -0.1) is 11.8 Å². The van der Waals surface area contributed by atoms with Crippen molar-refractivity contribution in [2.45, 2.75) is 37.6 Å². The van der Waals surface area contributed by atoms with Crippen molar-refractivity contribution >= 4 is 33.6 Å². The van der Waals surface area contributed by atoms with Gasteiger partial charge in [0.25, 0.3) is 0 Å². The highest BCUT2D eigenvalue weighted by Gasteiger charge is 2.31. The number of halogens is 1. The summed E-state index contributed by atoms with van der Waals surface area (Å²) in [5.41, 5.74) is 2.36. The molecule has 0 heterocycles. The van der Waals surface area contributed by atoms with Gasteiger partial charge in [0.15, 0.2) is 0 Å². The maximum absolute atomic E-state index is 12.2. The van der Waals surface area contributed by atoms with Gasteiger partial charge in [-0.1, -0.05) is 15.9 Å². The van der Waals surface area contributed by atoms with Gasteiger partial charge in [-0.25, -0.2) is 0 Å². The molecule has 1 aliphatic rings. The second-order valence-corrected chi connectivity index (χ2v) is 7.07. The van der Waals surface area contributed by atoms with Crippen LogP contribution in [-0.4, -0.2) is 40.9 Å². The molecule has 0 saturated heterocycles. The molecule has 1 N–H and O–H groups in total. The summed E-state index contributed by atoms with van der Waals surface area (Å²) >= 11 is 5.10. The Hall–Kier alpha value is -0.520. The Morgan fingerprint density at radius 3 is 2.70 bits per heavy atom. The summed E-state index contributed by atoms with van der Waals surface area (Å²) in [5.74, 6) is 0.574. The van der Waals surface area contributed by atoms with Crippen LogP contribution in [0.5, 0.6) is 0 Å². The molecule has 110 valence electrons. The zero-order chi connectivity index (χ0) is 14.7. The van der Waals surface area contributed by atoms with E-state index in [-0.39, 0.29) is 12.5 Å². The Balaban J connectivity index is 1.97. The molecule has 5 heteroatoms. The first-order valence-corrected chi connectivity index (χ1v) is 8.60. The second-order valence-electron chi connectivity index (χ2n) is 5.20. The number of benzene rings is 1.